The molecule has 26 heavy (non-hydrogen) atoms. The third kappa shape index (κ3) is 4.15. The minimum absolute atomic E-state index is 0.227. The van der Waals surface area contributed by atoms with Crippen LogP contribution in [0.15, 0.2) is 42.6 Å². The molecule has 1 atom stereocenters. The fourth-order valence-corrected chi connectivity index (χ4v) is 3.49. The van der Waals surface area contributed by atoms with E-state index in [1.54, 1.807) is 6.07 Å². The monoisotopic (exact) mass is 353 g/mol. The molecule has 2 aromatic rings. The van der Waals surface area contributed by atoms with Crippen LogP contribution in [0.1, 0.15) is 50.0 Å². The molecule has 1 aliphatic rings. The molecule has 3 rings (SSSR count). The van der Waals surface area contributed by atoms with Gasteiger partial charge in [0.05, 0.1) is 24.2 Å². The highest BCUT2D eigenvalue weighted by Gasteiger charge is 2.21. The number of hydrogen-bond donors (Lipinski definition) is 1. The predicted molar refractivity (Wildman–Crippen MR) is 105 cm³/mol. The minimum Gasteiger partial charge on any atom is -0.492 e. The SMILES string of the molecule is CCOc1ccccc1NC(=O)c1ccc(N2CCCCC2CC)cn1. The molecule has 1 saturated heterocycles. The van der Waals surface area contributed by atoms with Crippen molar-refractivity contribution in [3.8, 4) is 5.75 Å². The first kappa shape index (κ1) is 18.2. The average molecular weight is 353 g/mol. The van der Waals surface area contributed by atoms with Crippen LogP contribution < -0.4 is 15.0 Å². The van der Waals surface area contributed by atoms with Crippen LogP contribution in [0.25, 0.3) is 0 Å². The predicted octanol–water partition coefficient (Wildman–Crippen LogP) is 4.50. The van der Waals surface area contributed by atoms with Crippen LogP contribution in [-0.2, 0) is 0 Å². The van der Waals surface area contributed by atoms with Crippen molar-refractivity contribution in [3.63, 3.8) is 0 Å². The van der Waals surface area contributed by atoms with E-state index in [9.17, 15) is 4.79 Å². The average Bonchev–Trinajstić information content (AvgIpc) is 2.69. The molecule has 138 valence electrons. The fraction of sp³-hybridized carbons (Fsp3) is 0.429. The molecule has 1 fully saturated rings. The summed E-state index contributed by atoms with van der Waals surface area (Å²) in [5, 5.41) is 2.89. The van der Waals surface area contributed by atoms with E-state index >= 15 is 0 Å². The van der Waals surface area contributed by atoms with Gasteiger partial charge in [0.2, 0.25) is 0 Å². The lowest BCUT2D eigenvalue weighted by molar-refractivity contribution is 0.102. The molecule has 0 aliphatic carbocycles. The number of pyridine rings is 1. The highest BCUT2D eigenvalue weighted by atomic mass is 16.5. The summed E-state index contributed by atoms with van der Waals surface area (Å²) in [6, 6.07) is 11.8. The molecule has 1 aromatic carbocycles. The Hall–Kier alpha value is -2.56. The summed E-state index contributed by atoms with van der Waals surface area (Å²) in [6.07, 6.45) is 6.69. The van der Waals surface area contributed by atoms with Crippen molar-refractivity contribution >= 4 is 17.3 Å². The van der Waals surface area contributed by atoms with Crippen molar-refractivity contribution in [1.82, 2.24) is 4.98 Å². The van der Waals surface area contributed by atoms with Crippen LogP contribution in [0.3, 0.4) is 0 Å². The van der Waals surface area contributed by atoms with Crippen molar-refractivity contribution in [3.05, 3.63) is 48.3 Å². The molecule has 1 N–H and O–H groups in total. The standard InChI is InChI=1S/C21H27N3O2/c1-3-16-9-7-8-14-24(16)17-12-13-19(22-15-17)21(25)23-18-10-5-6-11-20(18)26-4-2/h5-6,10-13,15-16H,3-4,7-9,14H2,1-2H3,(H,23,25). The first-order valence-corrected chi connectivity index (χ1v) is 9.48. The Morgan fingerprint density at radius 1 is 1.23 bits per heavy atom. The van der Waals surface area contributed by atoms with Crippen LogP contribution in [0.4, 0.5) is 11.4 Å². The van der Waals surface area contributed by atoms with E-state index in [0.29, 0.717) is 29.8 Å². The first-order chi connectivity index (χ1) is 12.7. The Morgan fingerprint density at radius 2 is 2.08 bits per heavy atom. The Bertz CT molecular complexity index is 730. The van der Waals surface area contributed by atoms with Gasteiger partial charge >= 0.3 is 0 Å². The maximum absolute atomic E-state index is 12.5. The van der Waals surface area contributed by atoms with Crippen LogP contribution in [0, 0.1) is 0 Å². The number of nitrogens with one attached hydrogen (secondary N) is 1. The molecule has 0 radical (unpaired) electrons. The number of carbonyl (C=O) groups excluding carboxylic acids is 1. The molecule has 1 aromatic heterocycles. The summed E-state index contributed by atoms with van der Waals surface area (Å²) in [5.74, 6) is 0.438. The normalized spacial score (nSPS) is 17.0. The van der Waals surface area contributed by atoms with Crippen molar-refractivity contribution in [2.24, 2.45) is 0 Å². The zero-order valence-electron chi connectivity index (χ0n) is 15.6. The number of carbonyl (C=O) groups is 1. The van der Waals surface area contributed by atoms with Gasteiger partial charge in [-0.2, -0.15) is 0 Å². The summed E-state index contributed by atoms with van der Waals surface area (Å²) < 4.78 is 5.55. The topological polar surface area (TPSA) is 54.5 Å². The molecule has 5 nitrogen and oxygen atoms in total. The van der Waals surface area contributed by atoms with Gasteiger partial charge in [-0.05, 0) is 56.9 Å². The van der Waals surface area contributed by atoms with Crippen LogP contribution >= 0.6 is 0 Å². The van der Waals surface area contributed by atoms with Gasteiger partial charge < -0.3 is 15.0 Å². The second-order valence-electron chi connectivity index (χ2n) is 6.54. The largest absolute Gasteiger partial charge is 0.492 e. The van der Waals surface area contributed by atoms with E-state index in [0.717, 1.165) is 18.7 Å². The molecule has 2 heterocycles. The fourth-order valence-electron chi connectivity index (χ4n) is 3.49. The van der Waals surface area contributed by atoms with E-state index in [1.165, 1.54) is 19.3 Å². The van der Waals surface area contributed by atoms with Crippen molar-refractivity contribution in [1.29, 1.82) is 0 Å². The molecular formula is C21H27N3O2. The number of aromatic nitrogens is 1. The zero-order chi connectivity index (χ0) is 18.4. The highest BCUT2D eigenvalue weighted by Crippen LogP contribution is 2.27. The number of ether oxygens (including phenoxy) is 1. The summed E-state index contributed by atoms with van der Waals surface area (Å²) in [5.41, 5.74) is 2.17. The molecule has 0 spiro atoms. The molecule has 0 saturated carbocycles. The number of para-hydroxylation sites is 2. The summed E-state index contributed by atoms with van der Waals surface area (Å²) in [4.78, 5) is 19.4. The van der Waals surface area contributed by atoms with Crippen molar-refractivity contribution < 1.29 is 9.53 Å². The maximum Gasteiger partial charge on any atom is 0.274 e. The quantitative estimate of drug-likeness (QED) is 0.831. The van der Waals surface area contributed by atoms with Crippen molar-refractivity contribution in [2.75, 3.05) is 23.4 Å². The highest BCUT2D eigenvalue weighted by molar-refractivity contribution is 6.03. The van der Waals surface area contributed by atoms with Gasteiger partial charge in [-0.15, -0.1) is 0 Å². The maximum atomic E-state index is 12.5. The Balaban J connectivity index is 1.71. The summed E-state index contributed by atoms with van der Waals surface area (Å²) >= 11 is 0. The molecule has 5 heteroatoms. The lowest BCUT2D eigenvalue weighted by atomic mass is 9.99. The third-order valence-electron chi connectivity index (χ3n) is 4.85. The van der Waals surface area contributed by atoms with Gasteiger partial charge in [0, 0.05) is 12.6 Å². The van der Waals surface area contributed by atoms with E-state index in [-0.39, 0.29) is 5.91 Å². The number of nitrogens with zero attached hydrogens (tertiary/aromatic N) is 2. The van der Waals surface area contributed by atoms with Crippen LogP contribution in [-0.4, -0.2) is 30.1 Å². The number of rotatable bonds is 6. The molecule has 1 aliphatic heterocycles. The number of amides is 1. The number of anilines is 2. The Morgan fingerprint density at radius 3 is 2.81 bits per heavy atom. The molecule has 0 bridgehead atoms. The molecule has 1 amide bonds. The van der Waals surface area contributed by atoms with E-state index < -0.39 is 0 Å². The smallest absolute Gasteiger partial charge is 0.274 e. The van der Waals surface area contributed by atoms with Crippen molar-refractivity contribution in [2.45, 2.75) is 45.6 Å². The second-order valence-corrected chi connectivity index (χ2v) is 6.54. The Labute approximate surface area is 155 Å². The number of piperidine rings is 1. The molecule has 1 unspecified atom stereocenters. The number of benzene rings is 1. The zero-order valence-corrected chi connectivity index (χ0v) is 15.6. The molecular weight excluding hydrogens is 326 g/mol. The van der Waals surface area contributed by atoms with Gasteiger partial charge in [-0.3, -0.25) is 4.79 Å². The van der Waals surface area contributed by atoms with Gasteiger partial charge in [-0.1, -0.05) is 19.1 Å². The lowest BCUT2D eigenvalue weighted by Gasteiger charge is -2.37. The lowest BCUT2D eigenvalue weighted by Crippen LogP contribution is -2.39. The van der Waals surface area contributed by atoms with E-state index in [1.807, 2.05) is 43.5 Å². The first-order valence-electron chi connectivity index (χ1n) is 9.48. The summed E-state index contributed by atoms with van der Waals surface area (Å²) in [6.45, 7) is 5.76. The van der Waals surface area contributed by atoms with E-state index in [2.05, 4.69) is 22.1 Å². The van der Waals surface area contributed by atoms with Gasteiger partial charge in [0.15, 0.2) is 0 Å². The van der Waals surface area contributed by atoms with Crippen LogP contribution in [0.2, 0.25) is 0 Å². The van der Waals surface area contributed by atoms with Crippen LogP contribution in [0.5, 0.6) is 5.75 Å². The Kier molecular flexibility index (Phi) is 6.10. The van der Waals surface area contributed by atoms with Gasteiger partial charge in [0.25, 0.3) is 5.91 Å². The summed E-state index contributed by atoms with van der Waals surface area (Å²) in [7, 11) is 0. The van der Waals surface area contributed by atoms with Gasteiger partial charge in [-0.25, -0.2) is 4.98 Å². The second kappa shape index (κ2) is 8.70. The van der Waals surface area contributed by atoms with Gasteiger partial charge in [0.1, 0.15) is 11.4 Å². The minimum atomic E-state index is -0.227. The third-order valence-corrected chi connectivity index (χ3v) is 4.85. The number of hydrogen-bond acceptors (Lipinski definition) is 4. The van der Waals surface area contributed by atoms with E-state index in [4.69, 9.17) is 4.74 Å².